The summed E-state index contributed by atoms with van der Waals surface area (Å²) in [6, 6.07) is 7.17. The lowest BCUT2D eigenvalue weighted by Gasteiger charge is -2.49. The zero-order valence-electron chi connectivity index (χ0n) is 12.8. The summed E-state index contributed by atoms with van der Waals surface area (Å²) in [5.41, 5.74) is 2.85. The standard InChI is InChI=1S/C15H15ClN4O4S/c16-8-6-25-14-10(13(22)20(14)11(8)15(23)24)18-12(21)9(19-17)7-4-2-1-3-5-7/h1-5,9-10,14,19H,6,17H2,(H,18,21)(H,23,24)/t9?,10-,14?/m1/s1. The van der Waals surface area contributed by atoms with Gasteiger partial charge in [-0.3, -0.25) is 20.3 Å². The molecular weight excluding hydrogens is 368 g/mol. The number of carbonyl (C=O) groups excluding carboxylic acids is 2. The predicted molar refractivity (Wildman–Crippen MR) is 92.0 cm³/mol. The summed E-state index contributed by atoms with van der Waals surface area (Å²) in [5, 5.41) is 11.5. The minimum Gasteiger partial charge on any atom is -0.477 e. The molecule has 0 aliphatic carbocycles. The Morgan fingerprint density at radius 1 is 1.36 bits per heavy atom. The Hall–Kier alpha value is -2.07. The van der Waals surface area contributed by atoms with E-state index in [9.17, 15) is 19.5 Å². The molecule has 10 heteroatoms. The molecule has 2 aliphatic heterocycles. The van der Waals surface area contributed by atoms with E-state index in [1.807, 2.05) is 6.07 Å². The van der Waals surface area contributed by atoms with Crippen LogP contribution in [-0.4, -0.2) is 45.0 Å². The highest BCUT2D eigenvalue weighted by Crippen LogP contribution is 2.41. The molecule has 0 radical (unpaired) electrons. The van der Waals surface area contributed by atoms with Gasteiger partial charge in [-0.05, 0) is 5.56 Å². The van der Waals surface area contributed by atoms with Gasteiger partial charge < -0.3 is 10.4 Å². The third kappa shape index (κ3) is 3.11. The van der Waals surface area contributed by atoms with Gasteiger partial charge in [-0.2, -0.15) is 0 Å². The van der Waals surface area contributed by atoms with Crippen LogP contribution in [0.3, 0.4) is 0 Å². The lowest BCUT2D eigenvalue weighted by molar-refractivity contribution is -0.150. The smallest absolute Gasteiger partial charge is 0.353 e. The van der Waals surface area contributed by atoms with Gasteiger partial charge in [0.05, 0.1) is 5.03 Å². The van der Waals surface area contributed by atoms with E-state index < -0.39 is 35.2 Å². The molecule has 3 rings (SSSR count). The summed E-state index contributed by atoms with van der Waals surface area (Å²) in [7, 11) is 0. The van der Waals surface area contributed by atoms with Gasteiger partial charge in [0.15, 0.2) is 0 Å². The Morgan fingerprint density at radius 2 is 2.04 bits per heavy atom. The second-order valence-electron chi connectivity index (χ2n) is 5.47. The van der Waals surface area contributed by atoms with Crippen molar-refractivity contribution in [3.63, 3.8) is 0 Å². The van der Waals surface area contributed by atoms with Crippen LogP contribution in [0.4, 0.5) is 0 Å². The van der Waals surface area contributed by atoms with Crippen molar-refractivity contribution in [2.75, 3.05) is 5.75 Å². The summed E-state index contributed by atoms with van der Waals surface area (Å²) in [5.74, 6) is 3.50. The molecule has 2 aliphatic rings. The number of thioether (sulfide) groups is 1. The zero-order chi connectivity index (χ0) is 18.1. The molecule has 132 valence electrons. The van der Waals surface area contributed by atoms with E-state index in [0.717, 1.165) is 4.90 Å². The van der Waals surface area contributed by atoms with Gasteiger partial charge in [-0.25, -0.2) is 10.2 Å². The molecule has 25 heavy (non-hydrogen) atoms. The fraction of sp³-hybridized carbons (Fsp3) is 0.267. The quantitative estimate of drug-likeness (QED) is 0.324. The number of carbonyl (C=O) groups is 3. The third-order valence-corrected chi connectivity index (χ3v) is 5.73. The molecule has 8 nitrogen and oxygen atoms in total. The molecule has 5 N–H and O–H groups in total. The Kier molecular flexibility index (Phi) is 5.00. The van der Waals surface area contributed by atoms with Gasteiger partial charge in [-0.1, -0.05) is 41.9 Å². The molecule has 1 saturated heterocycles. The molecule has 3 atom stereocenters. The summed E-state index contributed by atoms with van der Waals surface area (Å²) in [4.78, 5) is 37.2. The molecule has 1 aromatic rings. The number of nitrogens with zero attached hydrogens (tertiary/aromatic N) is 1. The van der Waals surface area contributed by atoms with Crippen LogP contribution >= 0.6 is 23.4 Å². The normalized spacial score (nSPS) is 23.6. The van der Waals surface area contributed by atoms with Crippen LogP contribution in [0.15, 0.2) is 41.1 Å². The molecule has 0 bridgehead atoms. The SMILES string of the molecule is NNC(C(=O)N[C@@H]1C(=O)N2C(C(=O)O)=C(Cl)CSC12)c1ccccc1. The molecule has 0 saturated carbocycles. The van der Waals surface area contributed by atoms with E-state index in [0.29, 0.717) is 5.56 Å². The Bertz CT molecular complexity index is 757. The minimum atomic E-state index is -1.26. The summed E-state index contributed by atoms with van der Waals surface area (Å²) in [6.07, 6.45) is 0. The molecule has 1 aromatic carbocycles. The van der Waals surface area contributed by atoms with Crippen molar-refractivity contribution in [1.82, 2.24) is 15.6 Å². The lowest BCUT2D eigenvalue weighted by Crippen LogP contribution is -2.71. The number of halogens is 1. The maximum atomic E-state index is 12.5. The van der Waals surface area contributed by atoms with Gasteiger partial charge in [0.25, 0.3) is 5.91 Å². The number of carboxylic acid groups (broad SMARTS) is 1. The Balaban J connectivity index is 1.74. The monoisotopic (exact) mass is 382 g/mol. The van der Waals surface area contributed by atoms with E-state index in [-0.39, 0.29) is 16.5 Å². The zero-order valence-corrected chi connectivity index (χ0v) is 14.4. The number of nitrogens with two attached hydrogens (primary N) is 1. The van der Waals surface area contributed by atoms with Crippen LogP contribution in [0.5, 0.6) is 0 Å². The number of amides is 2. The van der Waals surface area contributed by atoms with Crippen molar-refractivity contribution >= 4 is 41.1 Å². The average molecular weight is 383 g/mol. The molecule has 0 spiro atoms. The maximum Gasteiger partial charge on any atom is 0.353 e. The number of aliphatic carboxylic acids is 1. The fourth-order valence-corrected chi connectivity index (χ4v) is 4.34. The summed E-state index contributed by atoms with van der Waals surface area (Å²) < 4.78 is 0. The first-order chi connectivity index (χ1) is 12.0. The largest absolute Gasteiger partial charge is 0.477 e. The summed E-state index contributed by atoms with van der Waals surface area (Å²) >= 11 is 7.21. The Morgan fingerprint density at radius 3 is 2.64 bits per heavy atom. The van der Waals surface area contributed by atoms with Gasteiger partial charge in [-0.15, -0.1) is 11.8 Å². The first-order valence-electron chi connectivity index (χ1n) is 7.33. The van der Waals surface area contributed by atoms with E-state index in [1.54, 1.807) is 24.3 Å². The number of rotatable bonds is 5. The number of hydrazine groups is 1. The van der Waals surface area contributed by atoms with E-state index in [2.05, 4.69) is 10.7 Å². The lowest BCUT2D eigenvalue weighted by atomic mass is 10.0. The summed E-state index contributed by atoms with van der Waals surface area (Å²) in [6.45, 7) is 0. The maximum absolute atomic E-state index is 12.5. The van der Waals surface area contributed by atoms with Crippen molar-refractivity contribution in [2.24, 2.45) is 5.84 Å². The number of fused-ring (bicyclic) bond motifs is 1. The minimum absolute atomic E-state index is 0.109. The predicted octanol–water partition coefficient (Wildman–Crippen LogP) is 0.126. The number of hydrogen-bond donors (Lipinski definition) is 4. The van der Waals surface area contributed by atoms with Crippen LogP contribution in [0, 0.1) is 0 Å². The topological polar surface area (TPSA) is 125 Å². The van der Waals surface area contributed by atoms with Gasteiger partial charge >= 0.3 is 5.97 Å². The number of benzene rings is 1. The van der Waals surface area contributed by atoms with Crippen LogP contribution in [0.1, 0.15) is 11.6 Å². The Labute approximate surface area is 152 Å². The van der Waals surface area contributed by atoms with Crippen LogP contribution in [0.25, 0.3) is 0 Å². The number of carboxylic acids is 1. The highest BCUT2D eigenvalue weighted by atomic mass is 35.5. The number of β-lactam (4-membered cyclic amide) rings is 1. The second-order valence-corrected chi connectivity index (χ2v) is 7.03. The van der Waals surface area contributed by atoms with Crippen molar-refractivity contribution in [1.29, 1.82) is 0 Å². The fourth-order valence-electron chi connectivity index (χ4n) is 2.79. The van der Waals surface area contributed by atoms with Crippen molar-refractivity contribution in [3.8, 4) is 0 Å². The first-order valence-corrected chi connectivity index (χ1v) is 8.76. The highest BCUT2D eigenvalue weighted by Gasteiger charge is 2.54. The van der Waals surface area contributed by atoms with Crippen LogP contribution in [-0.2, 0) is 14.4 Å². The van der Waals surface area contributed by atoms with Gasteiger partial charge in [0.2, 0.25) is 5.91 Å². The molecule has 2 amide bonds. The second kappa shape index (κ2) is 7.04. The third-order valence-electron chi connectivity index (χ3n) is 3.98. The van der Waals surface area contributed by atoms with Crippen molar-refractivity contribution < 1.29 is 19.5 Å². The molecule has 0 aromatic heterocycles. The van der Waals surface area contributed by atoms with Crippen molar-refractivity contribution in [2.45, 2.75) is 17.5 Å². The van der Waals surface area contributed by atoms with Crippen molar-refractivity contribution in [3.05, 3.63) is 46.6 Å². The number of nitrogens with one attached hydrogen (secondary N) is 2. The van der Waals surface area contributed by atoms with Crippen LogP contribution in [0.2, 0.25) is 0 Å². The van der Waals surface area contributed by atoms with Crippen LogP contribution < -0.4 is 16.6 Å². The van der Waals surface area contributed by atoms with E-state index in [1.165, 1.54) is 11.8 Å². The van der Waals surface area contributed by atoms with E-state index >= 15 is 0 Å². The van der Waals surface area contributed by atoms with E-state index in [4.69, 9.17) is 17.4 Å². The van der Waals surface area contributed by atoms with Gasteiger partial charge in [0.1, 0.15) is 23.2 Å². The average Bonchev–Trinajstić information content (AvgIpc) is 2.60. The first kappa shape index (κ1) is 17.7. The molecule has 2 heterocycles. The van der Waals surface area contributed by atoms with Gasteiger partial charge in [0, 0.05) is 5.75 Å². The highest BCUT2D eigenvalue weighted by molar-refractivity contribution is 8.00. The molecule has 2 unspecified atom stereocenters. The number of hydrogen-bond acceptors (Lipinski definition) is 6. The molecular formula is C15H15ClN4O4S. The molecule has 1 fully saturated rings.